The van der Waals surface area contributed by atoms with Crippen molar-refractivity contribution in [3.05, 3.63) is 0 Å². The van der Waals surface area contributed by atoms with Crippen molar-refractivity contribution in [2.45, 2.75) is 52.4 Å². The van der Waals surface area contributed by atoms with Crippen LogP contribution in [0.1, 0.15) is 52.4 Å². The van der Waals surface area contributed by atoms with E-state index < -0.39 is 0 Å². The van der Waals surface area contributed by atoms with E-state index in [9.17, 15) is 4.79 Å². The zero-order valence-corrected chi connectivity index (χ0v) is 9.31. The second-order valence-corrected chi connectivity index (χ2v) is 4.44. The van der Waals surface area contributed by atoms with E-state index >= 15 is 0 Å². The van der Waals surface area contributed by atoms with Crippen LogP contribution in [-0.2, 0) is 4.79 Å². The third kappa shape index (κ3) is 2.61. The minimum absolute atomic E-state index is 0.102. The zero-order chi connectivity index (χ0) is 10.4. The Morgan fingerprint density at radius 2 is 2.07 bits per heavy atom. The highest BCUT2D eigenvalue weighted by atomic mass is 16.1. The van der Waals surface area contributed by atoms with Crippen molar-refractivity contribution in [1.82, 2.24) is 0 Å². The van der Waals surface area contributed by atoms with Gasteiger partial charge in [-0.05, 0) is 38.5 Å². The highest BCUT2D eigenvalue weighted by Gasteiger charge is 2.33. The molecule has 0 N–H and O–H groups in total. The first-order valence-corrected chi connectivity index (χ1v) is 5.62. The molecule has 0 aromatic rings. The second kappa shape index (κ2) is 5.20. The van der Waals surface area contributed by atoms with Crippen molar-refractivity contribution in [2.75, 3.05) is 0 Å². The summed E-state index contributed by atoms with van der Waals surface area (Å²) in [5.74, 6) is 6.80. The van der Waals surface area contributed by atoms with Gasteiger partial charge in [-0.3, -0.25) is 0 Å². The molecular weight excluding hydrogens is 172 g/mol. The van der Waals surface area contributed by atoms with Crippen molar-refractivity contribution in [3.63, 3.8) is 0 Å². The average Bonchev–Trinajstić information content (AvgIpc) is 2.27. The molecule has 0 heterocycles. The lowest BCUT2D eigenvalue weighted by atomic mass is 9.69. The van der Waals surface area contributed by atoms with Gasteiger partial charge in [0.1, 0.15) is 6.29 Å². The van der Waals surface area contributed by atoms with Gasteiger partial charge < -0.3 is 4.79 Å². The summed E-state index contributed by atoms with van der Waals surface area (Å²) in [6, 6.07) is 0. The highest BCUT2D eigenvalue weighted by Crippen LogP contribution is 2.40. The molecule has 1 nitrogen and oxygen atoms in total. The van der Waals surface area contributed by atoms with Crippen LogP contribution in [0.25, 0.3) is 0 Å². The number of hydrogen-bond donors (Lipinski definition) is 0. The van der Waals surface area contributed by atoms with Gasteiger partial charge >= 0.3 is 0 Å². The molecule has 0 spiro atoms. The maximum Gasteiger partial charge on any atom is 0.127 e. The third-order valence-corrected chi connectivity index (χ3v) is 3.55. The zero-order valence-electron chi connectivity index (χ0n) is 9.31. The van der Waals surface area contributed by atoms with E-state index in [4.69, 9.17) is 0 Å². The van der Waals surface area contributed by atoms with Gasteiger partial charge in [-0.2, -0.15) is 0 Å². The normalized spacial score (nSPS) is 31.7. The van der Waals surface area contributed by atoms with E-state index in [-0.39, 0.29) is 5.41 Å². The third-order valence-electron chi connectivity index (χ3n) is 3.55. The summed E-state index contributed by atoms with van der Waals surface area (Å²) in [7, 11) is 0. The van der Waals surface area contributed by atoms with Gasteiger partial charge in [-0.1, -0.05) is 13.3 Å². The van der Waals surface area contributed by atoms with Crippen LogP contribution in [0.2, 0.25) is 0 Å². The fourth-order valence-corrected chi connectivity index (χ4v) is 2.26. The van der Waals surface area contributed by atoms with E-state index in [0.717, 1.165) is 31.5 Å². The van der Waals surface area contributed by atoms with Gasteiger partial charge in [-0.15, -0.1) is 11.8 Å². The SMILES string of the molecule is CC#CCC1(C=O)CCC(CC)CC1. The Hall–Kier alpha value is -0.770. The maximum absolute atomic E-state index is 11.1. The predicted octanol–water partition coefficient (Wildman–Crippen LogP) is 3.19. The summed E-state index contributed by atoms with van der Waals surface area (Å²) in [5, 5.41) is 0. The van der Waals surface area contributed by atoms with Gasteiger partial charge in [0.2, 0.25) is 0 Å². The molecule has 14 heavy (non-hydrogen) atoms. The van der Waals surface area contributed by atoms with Crippen LogP contribution in [0.5, 0.6) is 0 Å². The van der Waals surface area contributed by atoms with Crippen LogP contribution in [0.15, 0.2) is 0 Å². The Labute approximate surface area is 87.3 Å². The molecule has 0 amide bonds. The summed E-state index contributed by atoms with van der Waals surface area (Å²) >= 11 is 0. The Bertz CT molecular complexity index is 236. The van der Waals surface area contributed by atoms with Crippen LogP contribution >= 0.6 is 0 Å². The molecule has 1 aliphatic carbocycles. The number of carbonyl (C=O) groups is 1. The summed E-state index contributed by atoms with van der Waals surface area (Å²) < 4.78 is 0. The molecule has 0 unspecified atom stereocenters. The minimum Gasteiger partial charge on any atom is -0.303 e. The molecule has 1 fully saturated rings. The highest BCUT2D eigenvalue weighted by molar-refractivity contribution is 5.60. The molecule has 78 valence electrons. The lowest BCUT2D eigenvalue weighted by molar-refractivity contribution is -0.118. The molecule has 1 aliphatic rings. The van der Waals surface area contributed by atoms with Crippen LogP contribution in [-0.4, -0.2) is 6.29 Å². The van der Waals surface area contributed by atoms with Gasteiger partial charge in [0.15, 0.2) is 0 Å². The Kier molecular flexibility index (Phi) is 4.20. The average molecular weight is 192 g/mol. The second-order valence-electron chi connectivity index (χ2n) is 4.44. The maximum atomic E-state index is 11.1. The summed E-state index contributed by atoms with van der Waals surface area (Å²) in [6.07, 6.45) is 7.69. The molecule has 0 atom stereocenters. The lowest BCUT2D eigenvalue weighted by Crippen LogP contribution is -2.28. The van der Waals surface area contributed by atoms with Crippen LogP contribution in [0.4, 0.5) is 0 Å². The topological polar surface area (TPSA) is 17.1 Å². The van der Waals surface area contributed by atoms with Gasteiger partial charge in [0.25, 0.3) is 0 Å². The Balaban J connectivity index is 2.54. The minimum atomic E-state index is -0.102. The van der Waals surface area contributed by atoms with Gasteiger partial charge in [0, 0.05) is 11.8 Å². The number of carbonyl (C=O) groups excluding carboxylic acids is 1. The van der Waals surface area contributed by atoms with E-state index in [2.05, 4.69) is 18.8 Å². The van der Waals surface area contributed by atoms with Gasteiger partial charge in [-0.25, -0.2) is 0 Å². The van der Waals surface area contributed by atoms with Crippen LogP contribution in [0.3, 0.4) is 0 Å². The molecule has 0 radical (unpaired) electrons. The predicted molar refractivity (Wildman–Crippen MR) is 58.8 cm³/mol. The summed E-state index contributed by atoms with van der Waals surface area (Å²) in [6.45, 7) is 4.08. The number of rotatable bonds is 3. The van der Waals surface area contributed by atoms with E-state index in [1.165, 1.54) is 19.3 Å². The number of hydrogen-bond acceptors (Lipinski definition) is 1. The molecule has 1 saturated carbocycles. The van der Waals surface area contributed by atoms with Crippen LogP contribution in [0, 0.1) is 23.2 Å². The molecule has 0 aromatic heterocycles. The first-order valence-electron chi connectivity index (χ1n) is 5.62. The first kappa shape index (κ1) is 11.3. The van der Waals surface area contributed by atoms with Crippen molar-refractivity contribution in [2.24, 2.45) is 11.3 Å². The van der Waals surface area contributed by atoms with Crippen molar-refractivity contribution < 1.29 is 4.79 Å². The molecule has 0 aromatic carbocycles. The van der Waals surface area contributed by atoms with Crippen molar-refractivity contribution >= 4 is 6.29 Å². The molecule has 1 heteroatoms. The fraction of sp³-hybridized carbons (Fsp3) is 0.769. The standard InChI is InChI=1S/C13H20O/c1-3-5-8-13(11-14)9-6-12(4-2)7-10-13/h11-12H,4,6-10H2,1-2H3. The van der Waals surface area contributed by atoms with Crippen LogP contribution < -0.4 is 0 Å². The van der Waals surface area contributed by atoms with E-state index in [1.54, 1.807) is 0 Å². The fourth-order valence-electron chi connectivity index (χ4n) is 2.26. The molecule has 1 rings (SSSR count). The molecule has 0 saturated heterocycles. The molecule has 0 aliphatic heterocycles. The molecule has 0 bridgehead atoms. The monoisotopic (exact) mass is 192 g/mol. The van der Waals surface area contributed by atoms with Gasteiger partial charge in [0.05, 0.1) is 0 Å². The quantitative estimate of drug-likeness (QED) is 0.496. The lowest BCUT2D eigenvalue weighted by Gasteiger charge is -2.34. The van der Waals surface area contributed by atoms with E-state index in [1.807, 2.05) is 6.92 Å². The molecular formula is C13H20O. The largest absolute Gasteiger partial charge is 0.303 e. The van der Waals surface area contributed by atoms with Crippen molar-refractivity contribution in [3.8, 4) is 11.8 Å². The summed E-state index contributed by atoms with van der Waals surface area (Å²) in [5.41, 5.74) is -0.102. The van der Waals surface area contributed by atoms with Crippen molar-refractivity contribution in [1.29, 1.82) is 0 Å². The first-order chi connectivity index (χ1) is 6.76. The number of aldehydes is 1. The van der Waals surface area contributed by atoms with E-state index in [0.29, 0.717) is 0 Å². The Morgan fingerprint density at radius 3 is 2.50 bits per heavy atom. The Morgan fingerprint density at radius 1 is 1.43 bits per heavy atom. The summed E-state index contributed by atoms with van der Waals surface area (Å²) in [4.78, 5) is 11.1. The smallest absolute Gasteiger partial charge is 0.127 e.